The van der Waals surface area contributed by atoms with E-state index < -0.39 is 0 Å². The SMILES string of the molecule is CC(NC(=O)c1ccccc1N=Nc1c(O)ccc2ccccc12)c1ccccc1. The van der Waals surface area contributed by atoms with Crippen LogP contribution in [0.25, 0.3) is 10.8 Å². The molecule has 4 rings (SSSR count). The second kappa shape index (κ2) is 8.57. The Kier molecular flexibility index (Phi) is 5.52. The zero-order valence-electron chi connectivity index (χ0n) is 16.5. The van der Waals surface area contributed by atoms with Gasteiger partial charge in [-0.3, -0.25) is 4.79 Å². The lowest BCUT2D eigenvalue weighted by Gasteiger charge is -2.15. The predicted octanol–water partition coefficient (Wildman–Crippen LogP) is 6.45. The summed E-state index contributed by atoms with van der Waals surface area (Å²) in [6.45, 7) is 1.94. The molecule has 0 fully saturated rings. The maximum atomic E-state index is 12.9. The van der Waals surface area contributed by atoms with E-state index >= 15 is 0 Å². The molecule has 0 aliphatic heterocycles. The highest BCUT2D eigenvalue weighted by Crippen LogP contribution is 2.36. The molecule has 0 aliphatic rings. The highest BCUT2D eigenvalue weighted by molar-refractivity contribution is 5.99. The van der Waals surface area contributed by atoms with Crippen molar-refractivity contribution in [2.45, 2.75) is 13.0 Å². The summed E-state index contributed by atoms with van der Waals surface area (Å²) in [7, 11) is 0. The molecule has 0 bridgehead atoms. The van der Waals surface area contributed by atoms with E-state index in [1.807, 2.05) is 67.6 Å². The molecule has 5 heteroatoms. The first kappa shape index (κ1) is 19.3. The smallest absolute Gasteiger partial charge is 0.254 e. The minimum absolute atomic E-state index is 0.0390. The van der Waals surface area contributed by atoms with Crippen LogP contribution in [0.2, 0.25) is 0 Å². The van der Waals surface area contributed by atoms with Gasteiger partial charge in [0.15, 0.2) is 0 Å². The fourth-order valence-electron chi connectivity index (χ4n) is 3.30. The number of hydrogen-bond donors (Lipinski definition) is 2. The van der Waals surface area contributed by atoms with Crippen molar-refractivity contribution >= 4 is 28.1 Å². The minimum Gasteiger partial charge on any atom is -0.506 e. The number of phenolic OH excluding ortho intramolecular Hbond substituents is 1. The van der Waals surface area contributed by atoms with Gasteiger partial charge in [0.1, 0.15) is 11.4 Å². The molecule has 5 nitrogen and oxygen atoms in total. The molecular weight excluding hydrogens is 374 g/mol. The summed E-state index contributed by atoms with van der Waals surface area (Å²) >= 11 is 0. The monoisotopic (exact) mass is 395 g/mol. The molecule has 4 aromatic carbocycles. The van der Waals surface area contributed by atoms with Crippen LogP contribution in [0.5, 0.6) is 5.75 Å². The number of azo groups is 1. The van der Waals surface area contributed by atoms with Crippen molar-refractivity contribution < 1.29 is 9.90 Å². The van der Waals surface area contributed by atoms with Gasteiger partial charge in [0.2, 0.25) is 0 Å². The first-order valence-corrected chi connectivity index (χ1v) is 9.71. The van der Waals surface area contributed by atoms with Crippen LogP contribution in [0, 0.1) is 0 Å². The van der Waals surface area contributed by atoms with Gasteiger partial charge in [-0.1, -0.05) is 72.8 Å². The van der Waals surface area contributed by atoms with E-state index in [0.717, 1.165) is 16.3 Å². The zero-order valence-corrected chi connectivity index (χ0v) is 16.5. The Hall–Kier alpha value is -3.99. The Balaban J connectivity index is 1.63. The molecule has 0 saturated carbocycles. The largest absolute Gasteiger partial charge is 0.506 e. The number of nitrogens with one attached hydrogen (secondary N) is 1. The van der Waals surface area contributed by atoms with Crippen LogP contribution in [-0.4, -0.2) is 11.0 Å². The molecule has 0 aliphatic carbocycles. The molecule has 1 amide bonds. The quantitative estimate of drug-likeness (QED) is 0.381. The maximum absolute atomic E-state index is 12.9. The highest BCUT2D eigenvalue weighted by Gasteiger charge is 2.15. The lowest BCUT2D eigenvalue weighted by Crippen LogP contribution is -2.26. The summed E-state index contributed by atoms with van der Waals surface area (Å²) in [5, 5.41) is 23.6. The van der Waals surface area contributed by atoms with Crippen LogP contribution in [0.4, 0.5) is 11.4 Å². The molecule has 4 aromatic rings. The summed E-state index contributed by atoms with van der Waals surface area (Å²) in [5.41, 5.74) is 2.25. The number of phenols is 1. The van der Waals surface area contributed by atoms with Crippen molar-refractivity contribution in [3.8, 4) is 5.75 Å². The number of hydrogen-bond acceptors (Lipinski definition) is 4. The third-order valence-electron chi connectivity index (χ3n) is 4.93. The Morgan fingerprint density at radius 3 is 2.37 bits per heavy atom. The van der Waals surface area contributed by atoms with E-state index in [9.17, 15) is 9.90 Å². The molecular formula is C25H21N3O2. The summed E-state index contributed by atoms with van der Waals surface area (Å²) in [5.74, 6) is -0.194. The number of benzene rings is 4. The first-order valence-electron chi connectivity index (χ1n) is 9.71. The summed E-state index contributed by atoms with van der Waals surface area (Å²) in [4.78, 5) is 12.9. The van der Waals surface area contributed by atoms with E-state index in [1.165, 1.54) is 0 Å². The van der Waals surface area contributed by atoms with Gasteiger partial charge in [-0.2, -0.15) is 0 Å². The third kappa shape index (κ3) is 4.05. The summed E-state index contributed by atoms with van der Waals surface area (Å²) in [6, 6.07) is 27.7. The molecule has 1 unspecified atom stereocenters. The fourth-order valence-corrected chi connectivity index (χ4v) is 3.30. The normalized spacial score (nSPS) is 12.2. The molecule has 0 aromatic heterocycles. The van der Waals surface area contributed by atoms with Crippen molar-refractivity contribution in [3.05, 3.63) is 102 Å². The fraction of sp³-hybridized carbons (Fsp3) is 0.0800. The van der Waals surface area contributed by atoms with Crippen LogP contribution in [0.15, 0.2) is 101 Å². The molecule has 148 valence electrons. The number of nitrogens with zero attached hydrogens (tertiary/aromatic N) is 2. The lowest BCUT2D eigenvalue weighted by molar-refractivity contribution is 0.0940. The van der Waals surface area contributed by atoms with E-state index in [0.29, 0.717) is 16.9 Å². The molecule has 0 spiro atoms. The van der Waals surface area contributed by atoms with E-state index in [1.54, 1.807) is 30.3 Å². The zero-order chi connectivity index (χ0) is 20.9. The Morgan fingerprint density at radius 2 is 1.53 bits per heavy atom. The molecule has 0 heterocycles. The van der Waals surface area contributed by atoms with Crippen LogP contribution >= 0.6 is 0 Å². The van der Waals surface area contributed by atoms with Crippen LogP contribution in [-0.2, 0) is 0 Å². The maximum Gasteiger partial charge on any atom is 0.254 e. The van der Waals surface area contributed by atoms with E-state index in [4.69, 9.17) is 0 Å². The van der Waals surface area contributed by atoms with Crippen molar-refractivity contribution in [1.82, 2.24) is 5.32 Å². The van der Waals surface area contributed by atoms with E-state index in [2.05, 4.69) is 15.5 Å². The van der Waals surface area contributed by atoms with Crippen LogP contribution < -0.4 is 5.32 Å². The Morgan fingerprint density at radius 1 is 0.833 bits per heavy atom. The number of amides is 1. The number of aromatic hydroxyl groups is 1. The van der Waals surface area contributed by atoms with Gasteiger partial charge in [0.05, 0.1) is 17.3 Å². The van der Waals surface area contributed by atoms with Gasteiger partial charge in [-0.15, -0.1) is 10.2 Å². The average Bonchev–Trinajstić information content (AvgIpc) is 2.79. The van der Waals surface area contributed by atoms with Crippen LogP contribution in [0.1, 0.15) is 28.9 Å². The predicted molar refractivity (Wildman–Crippen MR) is 119 cm³/mol. The van der Waals surface area contributed by atoms with Gasteiger partial charge in [-0.05, 0) is 36.1 Å². The van der Waals surface area contributed by atoms with Gasteiger partial charge >= 0.3 is 0 Å². The molecule has 0 saturated heterocycles. The van der Waals surface area contributed by atoms with Crippen molar-refractivity contribution in [2.24, 2.45) is 10.2 Å². The number of rotatable bonds is 5. The van der Waals surface area contributed by atoms with Crippen LogP contribution in [0.3, 0.4) is 0 Å². The average molecular weight is 395 g/mol. The first-order chi connectivity index (χ1) is 14.6. The molecule has 0 radical (unpaired) electrons. The Bertz CT molecular complexity index is 1220. The van der Waals surface area contributed by atoms with Gasteiger partial charge in [0.25, 0.3) is 5.91 Å². The summed E-state index contributed by atoms with van der Waals surface area (Å²) < 4.78 is 0. The van der Waals surface area contributed by atoms with Gasteiger partial charge in [-0.25, -0.2) is 0 Å². The van der Waals surface area contributed by atoms with Gasteiger partial charge in [0, 0.05) is 5.39 Å². The minimum atomic E-state index is -0.233. The second-order valence-electron chi connectivity index (χ2n) is 6.98. The molecule has 30 heavy (non-hydrogen) atoms. The number of fused-ring (bicyclic) bond motifs is 1. The summed E-state index contributed by atoms with van der Waals surface area (Å²) in [6.07, 6.45) is 0. The van der Waals surface area contributed by atoms with Crippen molar-refractivity contribution in [3.63, 3.8) is 0 Å². The molecule has 1 atom stereocenters. The highest BCUT2D eigenvalue weighted by atomic mass is 16.3. The number of carbonyl (C=O) groups excluding carboxylic acids is 1. The second-order valence-corrected chi connectivity index (χ2v) is 6.98. The molecule has 2 N–H and O–H groups in total. The van der Waals surface area contributed by atoms with Crippen molar-refractivity contribution in [1.29, 1.82) is 0 Å². The topological polar surface area (TPSA) is 74.0 Å². The lowest BCUT2D eigenvalue weighted by atomic mass is 10.1. The standard InChI is InChI=1S/C25H21N3O2/c1-17(18-9-3-2-4-10-18)26-25(30)21-13-7-8-14-22(21)27-28-24-20-12-6-5-11-19(20)15-16-23(24)29/h2-17,29H,1H3,(H,26,30). The third-order valence-corrected chi connectivity index (χ3v) is 4.93. The van der Waals surface area contributed by atoms with Crippen molar-refractivity contribution in [2.75, 3.05) is 0 Å². The Labute approximate surface area is 174 Å². The number of carbonyl (C=O) groups is 1. The van der Waals surface area contributed by atoms with Gasteiger partial charge < -0.3 is 10.4 Å². The van der Waals surface area contributed by atoms with E-state index in [-0.39, 0.29) is 17.7 Å².